The van der Waals surface area contributed by atoms with E-state index in [0.29, 0.717) is 41.0 Å². The molecule has 4 heterocycles. The maximum atomic E-state index is 12.2. The Hall–Kier alpha value is -2.42. The molecule has 0 unspecified atom stereocenters. The second kappa shape index (κ2) is 6.63. The topological polar surface area (TPSA) is 107 Å². The third kappa shape index (κ3) is 2.90. The Balaban J connectivity index is 1.96. The van der Waals surface area contributed by atoms with Gasteiger partial charge in [0.15, 0.2) is 5.82 Å². The first kappa shape index (κ1) is 18.0. The highest BCUT2D eigenvalue weighted by Crippen LogP contribution is 2.31. The number of aromatic nitrogens is 4. The van der Waals surface area contributed by atoms with Gasteiger partial charge < -0.3 is 10.3 Å². The predicted molar refractivity (Wildman–Crippen MR) is 107 cm³/mol. The highest BCUT2D eigenvalue weighted by atomic mass is 32.2. The molecule has 1 aliphatic heterocycles. The molecule has 4 rings (SSSR count). The molecule has 0 saturated carbocycles. The lowest BCUT2D eigenvalue weighted by Crippen LogP contribution is -2.25. The Kier molecular flexibility index (Phi) is 4.41. The van der Waals surface area contributed by atoms with Gasteiger partial charge in [-0.3, -0.25) is 9.29 Å². The summed E-state index contributed by atoms with van der Waals surface area (Å²) in [4.78, 5) is 13.8. The molecule has 8 nitrogen and oxygen atoms in total. The van der Waals surface area contributed by atoms with Crippen molar-refractivity contribution in [3.63, 3.8) is 0 Å². The first-order chi connectivity index (χ1) is 13.0. The highest BCUT2D eigenvalue weighted by Gasteiger charge is 2.29. The Morgan fingerprint density at radius 1 is 1.19 bits per heavy atom. The lowest BCUT2D eigenvalue weighted by molar-refractivity contribution is 0.599. The van der Waals surface area contributed by atoms with Crippen molar-refractivity contribution in [3.05, 3.63) is 18.1 Å². The number of imidazole rings is 1. The third-order valence-corrected chi connectivity index (χ3v) is 6.79. The number of fused-ring (bicyclic) bond motifs is 3. The van der Waals surface area contributed by atoms with E-state index in [2.05, 4.69) is 28.4 Å². The van der Waals surface area contributed by atoms with Crippen LogP contribution in [0.2, 0.25) is 0 Å². The fourth-order valence-corrected chi connectivity index (χ4v) is 5.30. The van der Waals surface area contributed by atoms with Crippen molar-refractivity contribution in [2.75, 3.05) is 22.3 Å². The van der Waals surface area contributed by atoms with Crippen molar-refractivity contribution >= 4 is 43.6 Å². The van der Waals surface area contributed by atoms with E-state index in [1.807, 2.05) is 0 Å². The SMILES string of the molecule is CCCc1nc2c(N)nc3cc(N4CCCS4(=O)=O)cnc3c2n1CCC. The number of pyridine rings is 2. The van der Waals surface area contributed by atoms with Gasteiger partial charge >= 0.3 is 0 Å². The second-order valence-electron chi connectivity index (χ2n) is 6.93. The molecule has 0 aromatic carbocycles. The van der Waals surface area contributed by atoms with Crippen molar-refractivity contribution in [1.29, 1.82) is 0 Å². The third-order valence-electron chi connectivity index (χ3n) is 4.92. The van der Waals surface area contributed by atoms with Crippen LogP contribution in [-0.4, -0.2) is 40.2 Å². The van der Waals surface area contributed by atoms with Gasteiger partial charge in [0.1, 0.15) is 22.4 Å². The lowest BCUT2D eigenvalue weighted by atomic mass is 10.2. The maximum absolute atomic E-state index is 12.2. The number of hydrogen-bond donors (Lipinski definition) is 1. The van der Waals surface area contributed by atoms with E-state index in [9.17, 15) is 8.42 Å². The van der Waals surface area contributed by atoms with Crippen LogP contribution in [0, 0.1) is 0 Å². The monoisotopic (exact) mass is 388 g/mol. The van der Waals surface area contributed by atoms with Gasteiger partial charge in [0.25, 0.3) is 0 Å². The standard InChI is InChI=1S/C18H24N6O2S/c1-3-6-14-22-16-17(23(14)7-4-2)15-13(21-18(16)19)10-12(11-20-15)24-8-5-9-27(24,25)26/h10-11H,3-9H2,1-2H3,(H2,19,21). The van der Waals surface area contributed by atoms with Crippen LogP contribution in [0.5, 0.6) is 0 Å². The number of hydrogen-bond acceptors (Lipinski definition) is 6. The summed E-state index contributed by atoms with van der Waals surface area (Å²) in [7, 11) is -3.26. The van der Waals surface area contributed by atoms with E-state index < -0.39 is 10.0 Å². The van der Waals surface area contributed by atoms with Gasteiger partial charge in [0.05, 0.1) is 23.2 Å². The molecule has 0 atom stereocenters. The van der Waals surface area contributed by atoms with Crippen LogP contribution in [0.25, 0.3) is 22.1 Å². The molecule has 0 amide bonds. The molecule has 0 aliphatic carbocycles. The fourth-order valence-electron chi connectivity index (χ4n) is 3.76. The van der Waals surface area contributed by atoms with Crippen molar-refractivity contribution in [2.24, 2.45) is 0 Å². The quantitative estimate of drug-likeness (QED) is 0.719. The van der Waals surface area contributed by atoms with Crippen LogP contribution in [-0.2, 0) is 23.0 Å². The summed E-state index contributed by atoms with van der Waals surface area (Å²) in [5, 5.41) is 0. The summed E-state index contributed by atoms with van der Waals surface area (Å²) >= 11 is 0. The van der Waals surface area contributed by atoms with Gasteiger partial charge in [-0.1, -0.05) is 13.8 Å². The zero-order valence-electron chi connectivity index (χ0n) is 15.6. The minimum atomic E-state index is -3.26. The Morgan fingerprint density at radius 3 is 2.67 bits per heavy atom. The van der Waals surface area contributed by atoms with E-state index >= 15 is 0 Å². The molecular formula is C18H24N6O2S. The van der Waals surface area contributed by atoms with Crippen LogP contribution < -0.4 is 10.0 Å². The summed E-state index contributed by atoms with van der Waals surface area (Å²) in [6, 6.07) is 1.77. The summed E-state index contributed by atoms with van der Waals surface area (Å²) in [6.45, 7) is 5.55. The minimum Gasteiger partial charge on any atom is -0.382 e. The zero-order valence-corrected chi connectivity index (χ0v) is 16.5. The Bertz CT molecular complexity index is 1120. The van der Waals surface area contributed by atoms with Crippen molar-refractivity contribution < 1.29 is 8.42 Å². The Labute approximate surface area is 158 Å². The number of anilines is 2. The smallest absolute Gasteiger partial charge is 0.235 e. The van der Waals surface area contributed by atoms with Gasteiger partial charge in [-0.25, -0.2) is 18.4 Å². The van der Waals surface area contributed by atoms with Crippen LogP contribution in [0.1, 0.15) is 38.9 Å². The van der Waals surface area contributed by atoms with Gasteiger partial charge in [-0.2, -0.15) is 0 Å². The fraction of sp³-hybridized carbons (Fsp3) is 0.500. The first-order valence-electron chi connectivity index (χ1n) is 9.41. The average Bonchev–Trinajstić information content (AvgIpc) is 3.16. The molecule has 1 aliphatic rings. The number of sulfonamides is 1. The van der Waals surface area contributed by atoms with Gasteiger partial charge in [-0.05, 0) is 25.3 Å². The number of nitrogens with two attached hydrogens (primary N) is 1. The van der Waals surface area contributed by atoms with Crippen LogP contribution in [0.15, 0.2) is 12.3 Å². The Morgan fingerprint density at radius 2 is 2.00 bits per heavy atom. The van der Waals surface area contributed by atoms with Crippen LogP contribution in [0.4, 0.5) is 11.5 Å². The zero-order chi connectivity index (χ0) is 19.2. The summed E-state index contributed by atoms with van der Waals surface area (Å²) in [5.41, 5.74) is 9.62. The molecule has 1 fully saturated rings. The highest BCUT2D eigenvalue weighted by molar-refractivity contribution is 7.93. The second-order valence-corrected chi connectivity index (χ2v) is 8.94. The minimum absolute atomic E-state index is 0.170. The van der Waals surface area contributed by atoms with Gasteiger partial charge in [0.2, 0.25) is 10.0 Å². The maximum Gasteiger partial charge on any atom is 0.235 e. The predicted octanol–water partition coefficient (Wildman–Crippen LogP) is 2.46. The van der Waals surface area contributed by atoms with E-state index in [0.717, 1.165) is 37.1 Å². The van der Waals surface area contributed by atoms with Crippen molar-refractivity contribution in [2.45, 2.75) is 46.1 Å². The van der Waals surface area contributed by atoms with Crippen LogP contribution >= 0.6 is 0 Å². The largest absolute Gasteiger partial charge is 0.382 e. The molecule has 0 bridgehead atoms. The number of nitrogen functional groups attached to an aromatic ring is 1. The average molecular weight is 388 g/mol. The number of aryl methyl sites for hydroxylation is 2. The summed E-state index contributed by atoms with van der Waals surface area (Å²) in [5.74, 6) is 1.51. The molecule has 3 aromatic rings. The number of rotatable bonds is 5. The van der Waals surface area contributed by atoms with E-state index in [4.69, 9.17) is 10.7 Å². The van der Waals surface area contributed by atoms with Gasteiger partial charge in [0, 0.05) is 19.5 Å². The first-order valence-corrected chi connectivity index (χ1v) is 11.0. The van der Waals surface area contributed by atoms with Crippen molar-refractivity contribution in [1.82, 2.24) is 19.5 Å². The number of nitrogens with zero attached hydrogens (tertiary/aromatic N) is 5. The van der Waals surface area contributed by atoms with Crippen LogP contribution in [0.3, 0.4) is 0 Å². The molecule has 9 heteroatoms. The molecule has 0 radical (unpaired) electrons. The lowest BCUT2D eigenvalue weighted by Gasteiger charge is -2.17. The molecular weight excluding hydrogens is 364 g/mol. The molecule has 27 heavy (non-hydrogen) atoms. The van der Waals surface area contributed by atoms with Crippen molar-refractivity contribution in [3.8, 4) is 0 Å². The molecule has 2 N–H and O–H groups in total. The van der Waals surface area contributed by atoms with E-state index in [1.165, 1.54) is 4.31 Å². The summed E-state index contributed by atoms with van der Waals surface area (Å²) < 4.78 is 28.1. The molecule has 144 valence electrons. The molecule has 0 spiro atoms. The molecule has 3 aromatic heterocycles. The van der Waals surface area contributed by atoms with Gasteiger partial charge in [-0.15, -0.1) is 0 Å². The summed E-state index contributed by atoms with van der Waals surface area (Å²) in [6.07, 6.45) is 5.06. The van der Waals surface area contributed by atoms with E-state index in [-0.39, 0.29) is 5.75 Å². The normalized spacial score (nSPS) is 16.6. The molecule has 1 saturated heterocycles. The van der Waals surface area contributed by atoms with E-state index in [1.54, 1.807) is 12.3 Å².